The van der Waals surface area contributed by atoms with Crippen LogP contribution in [0.3, 0.4) is 0 Å². The number of aromatic nitrogens is 2. The van der Waals surface area contributed by atoms with Gasteiger partial charge >= 0.3 is 0 Å². The first-order chi connectivity index (χ1) is 9.92. The van der Waals surface area contributed by atoms with Crippen molar-refractivity contribution in [3.05, 3.63) is 47.5 Å². The van der Waals surface area contributed by atoms with Crippen LogP contribution in [0.1, 0.15) is 24.0 Å². The monoisotopic (exact) mass is 306 g/mol. The molecule has 2 aromatic rings. The summed E-state index contributed by atoms with van der Waals surface area (Å²) in [5, 5.41) is 0. The number of rotatable bonds is 5. The Labute approximate surface area is 124 Å². The number of anilines is 1. The van der Waals surface area contributed by atoms with Crippen LogP contribution >= 0.6 is 0 Å². The van der Waals surface area contributed by atoms with Crippen LogP contribution in [0.4, 0.5) is 5.69 Å². The van der Waals surface area contributed by atoms with E-state index < -0.39 is 10.0 Å². The third-order valence-electron chi connectivity index (χ3n) is 3.04. The molecule has 1 heterocycles. The van der Waals surface area contributed by atoms with E-state index in [9.17, 15) is 8.42 Å². The van der Waals surface area contributed by atoms with Gasteiger partial charge in [-0.05, 0) is 37.1 Å². The first kappa shape index (κ1) is 15.4. The lowest BCUT2D eigenvalue weighted by molar-refractivity contribution is 0.579. The molecule has 0 amide bonds. The second-order valence-corrected chi connectivity index (χ2v) is 6.38. The highest BCUT2D eigenvalue weighted by molar-refractivity contribution is 7.89. The highest BCUT2D eigenvalue weighted by atomic mass is 32.2. The van der Waals surface area contributed by atoms with Gasteiger partial charge in [0.1, 0.15) is 5.82 Å². The molecule has 0 aliphatic heterocycles. The Morgan fingerprint density at radius 3 is 2.71 bits per heavy atom. The molecule has 0 aliphatic rings. The molecular formula is C14H18N4O2S. The summed E-state index contributed by atoms with van der Waals surface area (Å²) in [5.41, 5.74) is 7.47. The molecule has 0 unspecified atom stereocenters. The first-order valence-corrected chi connectivity index (χ1v) is 8.07. The van der Waals surface area contributed by atoms with Crippen molar-refractivity contribution in [2.45, 2.75) is 31.7 Å². The van der Waals surface area contributed by atoms with Crippen LogP contribution in [-0.4, -0.2) is 18.4 Å². The fourth-order valence-corrected chi connectivity index (χ4v) is 3.31. The van der Waals surface area contributed by atoms with Gasteiger partial charge < -0.3 is 5.73 Å². The lowest BCUT2D eigenvalue weighted by Crippen LogP contribution is -2.25. The standard InChI is InChI=1S/C14H18N4O2S/c1-3-11-4-5-12(15)8-14(11)21(19,20)17-9-13-6-7-16-10(2)18-13/h4-8,17H,3,9,15H2,1-2H3. The average Bonchev–Trinajstić information content (AvgIpc) is 2.45. The topological polar surface area (TPSA) is 98.0 Å². The Morgan fingerprint density at radius 2 is 2.05 bits per heavy atom. The Kier molecular flexibility index (Phi) is 4.54. The van der Waals surface area contributed by atoms with E-state index in [-0.39, 0.29) is 11.4 Å². The van der Waals surface area contributed by atoms with Crippen LogP contribution < -0.4 is 10.5 Å². The molecule has 0 aliphatic carbocycles. The van der Waals surface area contributed by atoms with Crippen molar-refractivity contribution < 1.29 is 8.42 Å². The Balaban J connectivity index is 2.24. The van der Waals surface area contributed by atoms with Gasteiger partial charge in [-0.15, -0.1) is 0 Å². The van der Waals surface area contributed by atoms with E-state index in [1.165, 1.54) is 6.07 Å². The molecule has 1 aromatic carbocycles. The van der Waals surface area contributed by atoms with Crippen LogP contribution in [-0.2, 0) is 23.0 Å². The molecule has 112 valence electrons. The molecule has 1 aromatic heterocycles. The SMILES string of the molecule is CCc1ccc(N)cc1S(=O)(=O)NCc1ccnc(C)n1. The highest BCUT2D eigenvalue weighted by Crippen LogP contribution is 2.19. The molecule has 0 radical (unpaired) electrons. The number of sulfonamides is 1. The van der Waals surface area contributed by atoms with Gasteiger partial charge in [0.2, 0.25) is 10.0 Å². The molecule has 2 rings (SSSR count). The zero-order valence-electron chi connectivity index (χ0n) is 12.0. The number of nitrogens with zero attached hydrogens (tertiary/aromatic N) is 2. The molecule has 0 spiro atoms. The maximum atomic E-state index is 12.4. The van der Waals surface area contributed by atoms with Crippen molar-refractivity contribution >= 4 is 15.7 Å². The van der Waals surface area contributed by atoms with E-state index in [4.69, 9.17) is 5.73 Å². The van der Waals surface area contributed by atoms with Crippen LogP contribution in [0, 0.1) is 6.92 Å². The van der Waals surface area contributed by atoms with Gasteiger partial charge in [0.25, 0.3) is 0 Å². The quantitative estimate of drug-likeness (QED) is 0.814. The summed E-state index contributed by atoms with van der Waals surface area (Å²) in [6.07, 6.45) is 2.22. The summed E-state index contributed by atoms with van der Waals surface area (Å²) in [7, 11) is -3.63. The average molecular weight is 306 g/mol. The Bertz CT molecular complexity index is 744. The van der Waals surface area contributed by atoms with Crippen LogP contribution in [0.25, 0.3) is 0 Å². The minimum atomic E-state index is -3.63. The third-order valence-corrected chi connectivity index (χ3v) is 4.52. The number of hydrogen-bond donors (Lipinski definition) is 2. The fraction of sp³-hybridized carbons (Fsp3) is 0.286. The maximum Gasteiger partial charge on any atom is 0.241 e. The molecule has 3 N–H and O–H groups in total. The van der Waals surface area contributed by atoms with E-state index in [1.54, 1.807) is 31.3 Å². The highest BCUT2D eigenvalue weighted by Gasteiger charge is 2.18. The number of benzene rings is 1. The predicted molar refractivity (Wildman–Crippen MR) is 81.0 cm³/mol. The zero-order chi connectivity index (χ0) is 15.5. The van der Waals surface area contributed by atoms with Gasteiger partial charge in [-0.2, -0.15) is 0 Å². The van der Waals surface area contributed by atoms with Gasteiger partial charge in [0, 0.05) is 11.9 Å². The van der Waals surface area contributed by atoms with Crippen molar-refractivity contribution in [2.75, 3.05) is 5.73 Å². The van der Waals surface area contributed by atoms with Crippen molar-refractivity contribution in [2.24, 2.45) is 0 Å². The van der Waals surface area contributed by atoms with Gasteiger partial charge in [-0.25, -0.2) is 23.1 Å². The van der Waals surface area contributed by atoms with Crippen molar-refractivity contribution in [1.29, 1.82) is 0 Å². The number of nitrogens with one attached hydrogen (secondary N) is 1. The smallest absolute Gasteiger partial charge is 0.241 e. The molecule has 21 heavy (non-hydrogen) atoms. The molecule has 0 saturated carbocycles. The third kappa shape index (κ3) is 3.77. The zero-order valence-corrected chi connectivity index (χ0v) is 12.8. The minimum absolute atomic E-state index is 0.115. The lowest BCUT2D eigenvalue weighted by atomic mass is 10.1. The number of aryl methyl sites for hydroxylation is 2. The molecule has 0 bridgehead atoms. The van der Waals surface area contributed by atoms with Crippen molar-refractivity contribution in [1.82, 2.24) is 14.7 Å². The van der Waals surface area contributed by atoms with Crippen LogP contribution in [0.15, 0.2) is 35.4 Å². The van der Waals surface area contributed by atoms with Gasteiger partial charge in [0.15, 0.2) is 0 Å². The largest absolute Gasteiger partial charge is 0.399 e. The van der Waals surface area contributed by atoms with E-state index in [0.717, 1.165) is 5.56 Å². The summed E-state index contributed by atoms with van der Waals surface area (Å²) >= 11 is 0. The number of nitrogen functional groups attached to an aromatic ring is 1. The molecular weight excluding hydrogens is 288 g/mol. The predicted octanol–water partition coefficient (Wildman–Crippen LogP) is 1.41. The molecule has 0 atom stereocenters. The summed E-state index contributed by atoms with van der Waals surface area (Å²) in [6, 6.07) is 6.59. The fourth-order valence-electron chi connectivity index (χ4n) is 1.96. The van der Waals surface area contributed by atoms with Crippen LogP contribution in [0.5, 0.6) is 0 Å². The second kappa shape index (κ2) is 6.19. The van der Waals surface area contributed by atoms with Crippen molar-refractivity contribution in [3.8, 4) is 0 Å². The number of hydrogen-bond acceptors (Lipinski definition) is 5. The summed E-state index contributed by atoms with van der Waals surface area (Å²) in [6.45, 7) is 3.77. The second-order valence-electron chi connectivity index (χ2n) is 4.64. The van der Waals surface area contributed by atoms with Gasteiger partial charge in [-0.1, -0.05) is 13.0 Å². The normalized spacial score (nSPS) is 11.5. The first-order valence-electron chi connectivity index (χ1n) is 6.59. The lowest BCUT2D eigenvalue weighted by Gasteiger charge is -2.11. The van der Waals surface area contributed by atoms with E-state index in [2.05, 4.69) is 14.7 Å². The molecule has 7 heteroatoms. The van der Waals surface area contributed by atoms with Gasteiger partial charge in [0.05, 0.1) is 17.1 Å². The Morgan fingerprint density at radius 1 is 1.29 bits per heavy atom. The number of nitrogens with two attached hydrogens (primary N) is 1. The molecule has 0 fully saturated rings. The van der Waals surface area contributed by atoms with E-state index >= 15 is 0 Å². The molecule has 0 saturated heterocycles. The minimum Gasteiger partial charge on any atom is -0.399 e. The van der Waals surface area contributed by atoms with E-state index in [1.807, 2.05) is 6.92 Å². The van der Waals surface area contributed by atoms with Crippen LogP contribution in [0.2, 0.25) is 0 Å². The van der Waals surface area contributed by atoms with Gasteiger partial charge in [-0.3, -0.25) is 0 Å². The molecule has 6 nitrogen and oxygen atoms in total. The van der Waals surface area contributed by atoms with E-state index in [0.29, 0.717) is 23.6 Å². The van der Waals surface area contributed by atoms with Crippen molar-refractivity contribution in [3.63, 3.8) is 0 Å². The maximum absolute atomic E-state index is 12.4. The summed E-state index contributed by atoms with van der Waals surface area (Å²) in [5.74, 6) is 0.602. The Hall–Kier alpha value is -1.99. The summed E-state index contributed by atoms with van der Waals surface area (Å²) < 4.78 is 27.4. The summed E-state index contributed by atoms with van der Waals surface area (Å²) in [4.78, 5) is 8.36.